The molecule has 2 saturated heterocycles. The number of nitrogens with one attached hydrogen (secondary N) is 1. The highest BCUT2D eigenvalue weighted by Gasteiger charge is 2.23. The maximum absolute atomic E-state index is 5.44. The van der Waals surface area contributed by atoms with Crippen molar-refractivity contribution in [1.29, 1.82) is 0 Å². The maximum Gasteiger partial charge on any atom is 0.163 e. The molecule has 0 bridgehead atoms. The van der Waals surface area contributed by atoms with Crippen LogP contribution < -0.4 is 10.2 Å². The summed E-state index contributed by atoms with van der Waals surface area (Å²) in [4.78, 5) is 14.7. The highest BCUT2D eigenvalue weighted by molar-refractivity contribution is 5.62. The van der Waals surface area contributed by atoms with Crippen molar-refractivity contribution in [1.82, 2.24) is 14.9 Å². The topological polar surface area (TPSA) is 53.5 Å². The molecule has 2 fully saturated rings. The van der Waals surface area contributed by atoms with E-state index in [2.05, 4.69) is 40.2 Å². The summed E-state index contributed by atoms with van der Waals surface area (Å²) in [6, 6.07) is 13.0. The fourth-order valence-electron chi connectivity index (χ4n) is 4.28. The summed E-state index contributed by atoms with van der Waals surface area (Å²) in [6.07, 6.45) is 4.96. The molecule has 1 atom stereocenters. The average molecular weight is 396 g/mol. The zero-order valence-electron chi connectivity index (χ0n) is 17.5. The van der Waals surface area contributed by atoms with E-state index in [0.29, 0.717) is 6.04 Å². The number of nitrogens with zero attached hydrogens (tertiary/aromatic N) is 4. The van der Waals surface area contributed by atoms with Crippen molar-refractivity contribution < 1.29 is 4.74 Å². The van der Waals surface area contributed by atoms with Gasteiger partial charge < -0.3 is 15.0 Å². The Hall–Kier alpha value is -2.18. The molecule has 4 rings (SSSR count). The van der Waals surface area contributed by atoms with E-state index in [1.54, 1.807) is 0 Å². The number of benzene rings is 1. The predicted molar refractivity (Wildman–Crippen MR) is 118 cm³/mol. The van der Waals surface area contributed by atoms with E-state index in [1.165, 1.54) is 19.3 Å². The summed E-state index contributed by atoms with van der Waals surface area (Å²) in [6.45, 7) is 8.94. The molecule has 6 heteroatoms. The minimum absolute atomic E-state index is 0.573. The standard InChI is InChI=1S/C23H33N5O/c1-2-20-10-6-7-12-28(20)22-18-21(24-11-13-27-14-16-29-17-15-27)25-23(26-22)19-8-4-3-5-9-19/h3-5,8-9,18,20H,2,6-7,10-17H2,1H3,(H,24,25,26). The summed E-state index contributed by atoms with van der Waals surface area (Å²) < 4.78 is 5.44. The molecule has 2 aliphatic heterocycles. The lowest BCUT2D eigenvalue weighted by Crippen LogP contribution is -2.40. The van der Waals surface area contributed by atoms with E-state index in [-0.39, 0.29) is 0 Å². The third kappa shape index (κ3) is 5.25. The second-order valence-electron chi connectivity index (χ2n) is 7.93. The average Bonchev–Trinajstić information content (AvgIpc) is 2.80. The molecule has 0 spiro atoms. The van der Waals surface area contributed by atoms with Crippen molar-refractivity contribution in [3.63, 3.8) is 0 Å². The third-order valence-corrected chi connectivity index (χ3v) is 5.98. The Bertz CT molecular complexity index is 763. The molecule has 0 aliphatic carbocycles. The predicted octanol–water partition coefficient (Wildman–Crippen LogP) is 3.66. The minimum atomic E-state index is 0.573. The molecule has 2 aliphatic rings. The number of morpholine rings is 1. The Balaban J connectivity index is 1.54. The number of hydrogen-bond donors (Lipinski definition) is 1. The van der Waals surface area contributed by atoms with Crippen LogP contribution in [0.4, 0.5) is 11.6 Å². The van der Waals surface area contributed by atoms with Crippen LogP contribution in [0.2, 0.25) is 0 Å². The van der Waals surface area contributed by atoms with Gasteiger partial charge in [-0.25, -0.2) is 9.97 Å². The SMILES string of the molecule is CCC1CCCCN1c1cc(NCCN2CCOCC2)nc(-c2ccccc2)n1. The fraction of sp³-hybridized carbons (Fsp3) is 0.565. The number of piperidine rings is 1. The monoisotopic (exact) mass is 395 g/mol. The first-order valence-electron chi connectivity index (χ1n) is 11.1. The molecule has 1 aromatic carbocycles. The second kappa shape index (κ2) is 10.0. The Labute approximate surface area is 174 Å². The largest absolute Gasteiger partial charge is 0.379 e. The summed E-state index contributed by atoms with van der Waals surface area (Å²) >= 11 is 0. The lowest BCUT2D eigenvalue weighted by atomic mass is 10.00. The van der Waals surface area contributed by atoms with Crippen LogP contribution in [-0.2, 0) is 4.74 Å². The molecule has 0 saturated carbocycles. The number of anilines is 2. The van der Waals surface area contributed by atoms with Crippen LogP contribution in [0, 0.1) is 0 Å². The van der Waals surface area contributed by atoms with Crippen molar-refractivity contribution in [3.05, 3.63) is 36.4 Å². The van der Waals surface area contributed by atoms with Gasteiger partial charge in [0, 0.05) is 50.4 Å². The Morgan fingerprint density at radius 2 is 1.90 bits per heavy atom. The van der Waals surface area contributed by atoms with E-state index in [0.717, 1.165) is 75.4 Å². The van der Waals surface area contributed by atoms with Crippen molar-refractivity contribution >= 4 is 11.6 Å². The van der Waals surface area contributed by atoms with E-state index in [4.69, 9.17) is 14.7 Å². The normalized spacial score (nSPS) is 20.6. The van der Waals surface area contributed by atoms with Gasteiger partial charge in [-0.2, -0.15) is 0 Å². The minimum Gasteiger partial charge on any atom is -0.379 e. The van der Waals surface area contributed by atoms with Gasteiger partial charge in [0.05, 0.1) is 13.2 Å². The lowest BCUT2D eigenvalue weighted by molar-refractivity contribution is 0.0398. The molecule has 0 radical (unpaired) electrons. The van der Waals surface area contributed by atoms with Crippen LogP contribution in [0.25, 0.3) is 11.4 Å². The van der Waals surface area contributed by atoms with Crippen molar-refractivity contribution in [3.8, 4) is 11.4 Å². The smallest absolute Gasteiger partial charge is 0.163 e. The van der Waals surface area contributed by atoms with Gasteiger partial charge in [0.15, 0.2) is 5.82 Å². The Kier molecular flexibility index (Phi) is 6.96. The first-order valence-corrected chi connectivity index (χ1v) is 11.1. The maximum atomic E-state index is 5.44. The van der Waals surface area contributed by atoms with Gasteiger partial charge >= 0.3 is 0 Å². The number of hydrogen-bond acceptors (Lipinski definition) is 6. The van der Waals surface area contributed by atoms with Crippen LogP contribution in [0.1, 0.15) is 32.6 Å². The van der Waals surface area contributed by atoms with Gasteiger partial charge in [-0.3, -0.25) is 4.90 Å². The Morgan fingerprint density at radius 3 is 2.69 bits per heavy atom. The molecular formula is C23H33N5O. The first-order chi connectivity index (χ1) is 14.3. The highest BCUT2D eigenvalue weighted by Crippen LogP contribution is 2.28. The molecule has 3 heterocycles. The number of aromatic nitrogens is 2. The highest BCUT2D eigenvalue weighted by atomic mass is 16.5. The van der Waals surface area contributed by atoms with Crippen molar-refractivity contribution in [2.45, 2.75) is 38.6 Å². The van der Waals surface area contributed by atoms with Crippen LogP contribution in [0.5, 0.6) is 0 Å². The lowest BCUT2D eigenvalue weighted by Gasteiger charge is -2.36. The van der Waals surface area contributed by atoms with Crippen molar-refractivity contribution in [2.75, 3.05) is 56.2 Å². The number of ether oxygens (including phenoxy) is 1. The van der Waals surface area contributed by atoms with Gasteiger partial charge in [0.1, 0.15) is 11.6 Å². The molecule has 156 valence electrons. The van der Waals surface area contributed by atoms with Crippen LogP contribution in [-0.4, -0.2) is 66.8 Å². The zero-order chi connectivity index (χ0) is 19.9. The van der Waals surface area contributed by atoms with E-state index in [9.17, 15) is 0 Å². The van der Waals surface area contributed by atoms with E-state index < -0.39 is 0 Å². The Morgan fingerprint density at radius 1 is 1.07 bits per heavy atom. The van der Waals surface area contributed by atoms with Crippen LogP contribution in [0.3, 0.4) is 0 Å². The molecule has 1 aromatic heterocycles. The summed E-state index contributed by atoms with van der Waals surface area (Å²) in [7, 11) is 0. The van der Waals surface area contributed by atoms with Crippen LogP contribution in [0.15, 0.2) is 36.4 Å². The molecule has 1 N–H and O–H groups in total. The zero-order valence-corrected chi connectivity index (χ0v) is 17.5. The van der Waals surface area contributed by atoms with Gasteiger partial charge in [-0.1, -0.05) is 37.3 Å². The van der Waals surface area contributed by atoms with E-state index in [1.807, 2.05) is 18.2 Å². The quantitative estimate of drug-likeness (QED) is 0.772. The second-order valence-corrected chi connectivity index (χ2v) is 7.93. The van der Waals surface area contributed by atoms with Crippen LogP contribution >= 0.6 is 0 Å². The van der Waals surface area contributed by atoms with E-state index >= 15 is 0 Å². The van der Waals surface area contributed by atoms with Gasteiger partial charge in [-0.05, 0) is 25.7 Å². The van der Waals surface area contributed by atoms with Gasteiger partial charge in [0.2, 0.25) is 0 Å². The first kappa shape index (κ1) is 20.1. The fourth-order valence-corrected chi connectivity index (χ4v) is 4.28. The molecule has 6 nitrogen and oxygen atoms in total. The summed E-state index contributed by atoms with van der Waals surface area (Å²) in [5, 5.41) is 3.55. The third-order valence-electron chi connectivity index (χ3n) is 5.98. The van der Waals surface area contributed by atoms with Crippen molar-refractivity contribution in [2.24, 2.45) is 0 Å². The molecule has 0 amide bonds. The molecule has 29 heavy (non-hydrogen) atoms. The molecule has 1 unspecified atom stereocenters. The summed E-state index contributed by atoms with van der Waals surface area (Å²) in [5.74, 6) is 2.78. The number of rotatable bonds is 7. The molecular weight excluding hydrogens is 362 g/mol. The molecule has 2 aromatic rings. The van der Waals surface area contributed by atoms with Gasteiger partial charge in [0.25, 0.3) is 0 Å². The van der Waals surface area contributed by atoms with Gasteiger partial charge in [-0.15, -0.1) is 0 Å². The summed E-state index contributed by atoms with van der Waals surface area (Å²) in [5.41, 5.74) is 1.07.